The Balaban J connectivity index is 2.04. The summed E-state index contributed by atoms with van der Waals surface area (Å²) >= 11 is 0. The molecule has 4 heteroatoms. The van der Waals surface area contributed by atoms with Crippen molar-refractivity contribution in [3.63, 3.8) is 0 Å². The van der Waals surface area contributed by atoms with Crippen LogP contribution in [0.3, 0.4) is 0 Å². The summed E-state index contributed by atoms with van der Waals surface area (Å²) in [6.45, 7) is 2.78. The molecule has 0 aromatic carbocycles. The number of pyridine rings is 1. The molecular formula is C14H15N3O. The molecule has 0 bridgehead atoms. The number of nitrogens with zero attached hydrogens (tertiary/aromatic N) is 3. The molecule has 92 valence electrons. The van der Waals surface area contributed by atoms with Gasteiger partial charge in [0.05, 0.1) is 6.54 Å². The highest BCUT2D eigenvalue weighted by molar-refractivity contribution is 5.19. The van der Waals surface area contributed by atoms with Gasteiger partial charge in [-0.3, -0.25) is 9.88 Å². The summed E-state index contributed by atoms with van der Waals surface area (Å²) in [6.07, 6.45) is 3.63. The van der Waals surface area contributed by atoms with Gasteiger partial charge < -0.3 is 4.42 Å². The molecule has 0 saturated carbocycles. The fourth-order valence-corrected chi connectivity index (χ4v) is 1.78. The van der Waals surface area contributed by atoms with Crippen LogP contribution in [0.25, 0.3) is 0 Å². The monoisotopic (exact) mass is 241 g/mol. The highest BCUT2D eigenvalue weighted by Gasteiger charge is 2.13. The van der Waals surface area contributed by atoms with E-state index in [1.54, 1.807) is 12.3 Å². The summed E-state index contributed by atoms with van der Waals surface area (Å²) in [6, 6.07) is 9.75. The highest BCUT2D eigenvalue weighted by atomic mass is 16.3. The highest BCUT2D eigenvalue weighted by Crippen LogP contribution is 2.20. The Hall–Kier alpha value is -2.12. The first-order valence-corrected chi connectivity index (χ1v) is 5.79. The molecular weight excluding hydrogens is 226 g/mol. The van der Waals surface area contributed by atoms with E-state index in [1.165, 1.54) is 0 Å². The molecule has 0 amide bonds. The summed E-state index contributed by atoms with van der Waals surface area (Å²) in [5.74, 6) is 1.15. The molecule has 0 aliphatic carbocycles. The van der Waals surface area contributed by atoms with Crippen LogP contribution in [-0.4, -0.2) is 16.9 Å². The first-order valence-electron chi connectivity index (χ1n) is 5.79. The van der Waals surface area contributed by atoms with E-state index in [0.717, 1.165) is 11.3 Å². The lowest BCUT2D eigenvalue weighted by atomic mass is 10.1. The van der Waals surface area contributed by atoms with Crippen molar-refractivity contribution in [1.82, 2.24) is 9.88 Å². The lowest BCUT2D eigenvalue weighted by molar-refractivity contribution is 0.231. The lowest BCUT2D eigenvalue weighted by Crippen LogP contribution is -2.21. The van der Waals surface area contributed by atoms with Crippen molar-refractivity contribution in [3.8, 4) is 6.07 Å². The minimum Gasteiger partial charge on any atom is -0.449 e. The minimum atomic E-state index is 0.245. The van der Waals surface area contributed by atoms with Gasteiger partial charge in [0.1, 0.15) is 11.8 Å². The Morgan fingerprint density at radius 2 is 2.28 bits per heavy atom. The number of rotatable bonds is 4. The zero-order valence-corrected chi connectivity index (χ0v) is 10.5. The first-order chi connectivity index (χ1) is 8.70. The second-order valence-electron chi connectivity index (χ2n) is 4.26. The van der Waals surface area contributed by atoms with E-state index in [1.807, 2.05) is 31.4 Å². The molecule has 0 saturated heterocycles. The summed E-state index contributed by atoms with van der Waals surface area (Å²) in [5, 5.41) is 8.71. The van der Waals surface area contributed by atoms with Gasteiger partial charge in [0, 0.05) is 18.4 Å². The van der Waals surface area contributed by atoms with Gasteiger partial charge in [0.15, 0.2) is 0 Å². The molecule has 4 nitrogen and oxygen atoms in total. The van der Waals surface area contributed by atoms with E-state index in [2.05, 4.69) is 22.9 Å². The zero-order valence-electron chi connectivity index (χ0n) is 10.5. The molecule has 0 fully saturated rings. The van der Waals surface area contributed by atoms with E-state index in [-0.39, 0.29) is 6.04 Å². The van der Waals surface area contributed by atoms with E-state index in [4.69, 9.17) is 9.68 Å². The normalized spacial score (nSPS) is 12.3. The summed E-state index contributed by atoms with van der Waals surface area (Å²) in [4.78, 5) is 6.27. The van der Waals surface area contributed by atoms with Crippen molar-refractivity contribution in [3.05, 3.63) is 53.7 Å². The second kappa shape index (κ2) is 5.48. The maximum Gasteiger partial charge on any atom is 0.203 e. The van der Waals surface area contributed by atoms with Gasteiger partial charge in [-0.15, -0.1) is 0 Å². The number of hydrogen-bond donors (Lipinski definition) is 0. The van der Waals surface area contributed by atoms with Crippen molar-refractivity contribution in [2.75, 3.05) is 7.05 Å². The molecule has 0 N–H and O–H groups in total. The van der Waals surface area contributed by atoms with Crippen LogP contribution in [0.15, 0.2) is 41.1 Å². The van der Waals surface area contributed by atoms with Crippen LogP contribution in [0, 0.1) is 11.3 Å². The van der Waals surface area contributed by atoms with E-state index in [0.29, 0.717) is 12.3 Å². The van der Waals surface area contributed by atoms with Crippen LogP contribution in [0.5, 0.6) is 0 Å². The Morgan fingerprint density at radius 1 is 1.44 bits per heavy atom. The Kier molecular flexibility index (Phi) is 3.75. The molecule has 2 aromatic rings. The Morgan fingerprint density at radius 3 is 2.89 bits per heavy atom. The molecule has 0 aliphatic rings. The maximum atomic E-state index is 8.71. The Bertz CT molecular complexity index is 542. The van der Waals surface area contributed by atoms with Crippen molar-refractivity contribution >= 4 is 0 Å². The van der Waals surface area contributed by atoms with Crippen LogP contribution in [-0.2, 0) is 6.54 Å². The minimum absolute atomic E-state index is 0.245. The van der Waals surface area contributed by atoms with Gasteiger partial charge in [-0.25, -0.2) is 0 Å². The maximum absolute atomic E-state index is 8.71. The largest absolute Gasteiger partial charge is 0.449 e. The first kappa shape index (κ1) is 12.3. The molecule has 0 aliphatic heterocycles. The average molecular weight is 241 g/mol. The summed E-state index contributed by atoms with van der Waals surface area (Å²) < 4.78 is 5.37. The van der Waals surface area contributed by atoms with Crippen molar-refractivity contribution < 1.29 is 4.42 Å². The fraction of sp³-hybridized carbons (Fsp3) is 0.286. The van der Waals surface area contributed by atoms with Gasteiger partial charge in [0.25, 0.3) is 0 Å². The van der Waals surface area contributed by atoms with Crippen LogP contribution in [0.1, 0.15) is 30.0 Å². The van der Waals surface area contributed by atoms with Gasteiger partial charge in [-0.05, 0) is 37.7 Å². The standard InChI is InChI=1S/C14H15N3O/c1-11(12-4-3-7-16-9-12)17(2)10-14-6-5-13(8-15)18-14/h3-7,9,11H,10H2,1-2H3/t11-/m0/s1. The van der Waals surface area contributed by atoms with Crippen LogP contribution >= 0.6 is 0 Å². The van der Waals surface area contributed by atoms with Gasteiger partial charge in [0.2, 0.25) is 5.76 Å². The lowest BCUT2D eigenvalue weighted by Gasteiger charge is -2.23. The molecule has 2 rings (SSSR count). The third-order valence-electron chi connectivity index (χ3n) is 3.01. The predicted octanol–water partition coefficient (Wildman–Crippen LogP) is 2.74. The SMILES string of the molecule is C[C@@H](c1cccnc1)N(C)Cc1ccc(C#N)o1. The third-order valence-corrected chi connectivity index (χ3v) is 3.01. The van der Waals surface area contributed by atoms with Crippen LogP contribution in [0.2, 0.25) is 0 Å². The van der Waals surface area contributed by atoms with E-state index >= 15 is 0 Å². The van der Waals surface area contributed by atoms with E-state index in [9.17, 15) is 0 Å². The molecule has 0 radical (unpaired) electrons. The van der Waals surface area contributed by atoms with E-state index < -0.39 is 0 Å². The molecule has 2 aromatic heterocycles. The number of nitriles is 1. The molecule has 1 atom stereocenters. The summed E-state index contributed by atoms with van der Waals surface area (Å²) in [7, 11) is 2.02. The Labute approximate surface area is 106 Å². The molecule has 2 heterocycles. The van der Waals surface area contributed by atoms with Crippen LogP contribution < -0.4 is 0 Å². The van der Waals surface area contributed by atoms with Crippen molar-refractivity contribution in [1.29, 1.82) is 5.26 Å². The number of aromatic nitrogens is 1. The molecule has 0 unspecified atom stereocenters. The predicted molar refractivity (Wildman–Crippen MR) is 67.5 cm³/mol. The quantitative estimate of drug-likeness (QED) is 0.825. The zero-order chi connectivity index (χ0) is 13.0. The number of hydrogen-bond acceptors (Lipinski definition) is 4. The van der Waals surface area contributed by atoms with Gasteiger partial charge >= 0.3 is 0 Å². The van der Waals surface area contributed by atoms with Crippen molar-refractivity contribution in [2.45, 2.75) is 19.5 Å². The topological polar surface area (TPSA) is 53.1 Å². The molecule has 18 heavy (non-hydrogen) atoms. The third kappa shape index (κ3) is 2.76. The average Bonchev–Trinajstić information content (AvgIpc) is 2.86. The van der Waals surface area contributed by atoms with Gasteiger partial charge in [-0.1, -0.05) is 6.07 Å². The second-order valence-corrected chi connectivity index (χ2v) is 4.26. The number of furan rings is 1. The smallest absolute Gasteiger partial charge is 0.203 e. The van der Waals surface area contributed by atoms with Gasteiger partial charge in [-0.2, -0.15) is 5.26 Å². The summed E-state index contributed by atoms with van der Waals surface area (Å²) in [5.41, 5.74) is 1.16. The van der Waals surface area contributed by atoms with Crippen LogP contribution in [0.4, 0.5) is 0 Å². The molecule has 0 spiro atoms. The fourth-order valence-electron chi connectivity index (χ4n) is 1.78. The van der Waals surface area contributed by atoms with Crippen molar-refractivity contribution in [2.24, 2.45) is 0 Å².